The zero-order valence-electron chi connectivity index (χ0n) is 11.2. The minimum Gasteiger partial charge on any atom is -0.444 e. The number of ether oxygens (including phenoxy) is 2. The van der Waals surface area contributed by atoms with Crippen LogP contribution in [0, 0.1) is 11.3 Å². The maximum atomic E-state index is 11.5. The number of nitrogens with one attached hydrogen (secondary N) is 1. The summed E-state index contributed by atoms with van der Waals surface area (Å²) in [6, 6.07) is 1.86. The van der Waals surface area contributed by atoms with Gasteiger partial charge in [0.25, 0.3) is 0 Å². The number of amides is 1. The molecule has 0 radical (unpaired) electrons. The fourth-order valence-electron chi connectivity index (χ4n) is 1.64. The maximum Gasteiger partial charge on any atom is 0.407 e. The molecule has 1 rings (SSSR count). The van der Waals surface area contributed by atoms with Crippen LogP contribution in [0.4, 0.5) is 4.79 Å². The number of carbonyl (C=O) groups excluding carboxylic acids is 1. The van der Waals surface area contributed by atoms with E-state index in [0.717, 1.165) is 0 Å². The SMILES string of the molecule is CC(C)(C)OC(=O)NCC(C#N)N1CCOCC1. The van der Waals surface area contributed by atoms with Crippen molar-refractivity contribution in [1.29, 1.82) is 5.26 Å². The fourth-order valence-corrected chi connectivity index (χ4v) is 1.64. The van der Waals surface area contributed by atoms with E-state index in [1.54, 1.807) is 20.8 Å². The Labute approximate surface area is 108 Å². The van der Waals surface area contributed by atoms with Crippen molar-refractivity contribution in [3.8, 4) is 6.07 Å². The van der Waals surface area contributed by atoms with Gasteiger partial charge in [-0.25, -0.2) is 4.79 Å². The molecule has 0 spiro atoms. The number of nitrogens with zero attached hydrogens (tertiary/aromatic N) is 2. The van der Waals surface area contributed by atoms with Crippen LogP contribution in [-0.4, -0.2) is 55.5 Å². The third-order valence-corrected chi connectivity index (χ3v) is 2.47. The summed E-state index contributed by atoms with van der Waals surface area (Å²) in [6.45, 7) is 8.37. The lowest BCUT2D eigenvalue weighted by atomic mass is 10.2. The molecule has 1 unspecified atom stereocenters. The average Bonchev–Trinajstić information content (AvgIpc) is 2.29. The van der Waals surface area contributed by atoms with Crippen LogP contribution in [0.25, 0.3) is 0 Å². The monoisotopic (exact) mass is 255 g/mol. The lowest BCUT2D eigenvalue weighted by Crippen LogP contribution is -2.48. The van der Waals surface area contributed by atoms with Gasteiger partial charge in [-0.3, -0.25) is 4.90 Å². The molecule has 1 amide bonds. The van der Waals surface area contributed by atoms with Crippen molar-refractivity contribution in [2.24, 2.45) is 0 Å². The van der Waals surface area contributed by atoms with Crippen LogP contribution in [0.1, 0.15) is 20.8 Å². The zero-order chi connectivity index (χ0) is 13.6. The highest BCUT2D eigenvalue weighted by Crippen LogP contribution is 2.07. The summed E-state index contributed by atoms with van der Waals surface area (Å²) in [6.07, 6.45) is -0.490. The normalized spacial score (nSPS) is 18.8. The van der Waals surface area contributed by atoms with Crippen molar-refractivity contribution in [2.75, 3.05) is 32.8 Å². The van der Waals surface area contributed by atoms with Crippen LogP contribution in [0.5, 0.6) is 0 Å². The Bertz CT molecular complexity index is 314. The first kappa shape index (κ1) is 14.7. The molecule has 0 aromatic carbocycles. The van der Waals surface area contributed by atoms with E-state index in [-0.39, 0.29) is 12.6 Å². The van der Waals surface area contributed by atoms with Gasteiger partial charge >= 0.3 is 6.09 Å². The van der Waals surface area contributed by atoms with Gasteiger partial charge in [0.05, 0.1) is 19.3 Å². The summed E-state index contributed by atoms with van der Waals surface area (Å²) in [5, 5.41) is 11.7. The molecule has 1 heterocycles. The highest BCUT2D eigenvalue weighted by Gasteiger charge is 2.22. The van der Waals surface area contributed by atoms with E-state index < -0.39 is 11.7 Å². The van der Waals surface area contributed by atoms with Crippen LogP contribution in [0.3, 0.4) is 0 Å². The lowest BCUT2D eigenvalue weighted by Gasteiger charge is -2.30. The Morgan fingerprint density at radius 1 is 1.50 bits per heavy atom. The quantitative estimate of drug-likeness (QED) is 0.805. The molecule has 6 heteroatoms. The van der Waals surface area contributed by atoms with Gasteiger partial charge in [0, 0.05) is 19.6 Å². The van der Waals surface area contributed by atoms with Crippen molar-refractivity contribution >= 4 is 6.09 Å². The average molecular weight is 255 g/mol. The number of hydrogen-bond acceptors (Lipinski definition) is 5. The minimum absolute atomic E-state index is 0.269. The Kier molecular flexibility index (Phi) is 5.38. The van der Waals surface area contributed by atoms with E-state index in [4.69, 9.17) is 14.7 Å². The van der Waals surface area contributed by atoms with E-state index in [1.165, 1.54) is 0 Å². The van der Waals surface area contributed by atoms with Gasteiger partial charge in [-0.15, -0.1) is 0 Å². The maximum absolute atomic E-state index is 11.5. The molecule has 0 saturated carbocycles. The smallest absolute Gasteiger partial charge is 0.407 e. The summed E-state index contributed by atoms with van der Waals surface area (Å²) < 4.78 is 10.3. The van der Waals surface area contributed by atoms with E-state index >= 15 is 0 Å². The predicted octanol–water partition coefficient (Wildman–Crippen LogP) is 0.735. The van der Waals surface area contributed by atoms with Gasteiger partial charge in [-0.1, -0.05) is 0 Å². The molecule has 1 aliphatic rings. The highest BCUT2D eigenvalue weighted by atomic mass is 16.6. The molecule has 6 nitrogen and oxygen atoms in total. The molecular weight excluding hydrogens is 234 g/mol. The predicted molar refractivity (Wildman–Crippen MR) is 66.0 cm³/mol. The molecule has 1 aliphatic heterocycles. The van der Waals surface area contributed by atoms with E-state index in [1.807, 2.05) is 4.90 Å². The van der Waals surface area contributed by atoms with Crippen molar-refractivity contribution in [3.63, 3.8) is 0 Å². The van der Waals surface area contributed by atoms with Gasteiger partial charge < -0.3 is 14.8 Å². The van der Waals surface area contributed by atoms with Crippen LogP contribution < -0.4 is 5.32 Å². The van der Waals surface area contributed by atoms with Gasteiger partial charge in [-0.2, -0.15) is 5.26 Å². The second-order valence-electron chi connectivity index (χ2n) is 5.18. The van der Waals surface area contributed by atoms with Crippen molar-refractivity contribution in [2.45, 2.75) is 32.4 Å². The summed E-state index contributed by atoms with van der Waals surface area (Å²) in [5.41, 5.74) is -0.523. The molecule has 18 heavy (non-hydrogen) atoms. The Balaban J connectivity index is 2.35. The first-order chi connectivity index (χ1) is 8.42. The lowest BCUT2D eigenvalue weighted by molar-refractivity contribution is 0.0246. The van der Waals surface area contributed by atoms with E-state index in [0.29, 0.717) is 26.3 Å². The van der Waals surface area contributed by atoms with Gasteiger partial charge in [0.2, 0.25) is 0 Å². The molecule has 0 aromatic heterocycles. The van der Waals surface area contributed by atoms with Crippen molar-refractivity contribution in [3.05, 3.63) is 0 Å². The van der Waals surface area contributed by atoms with Crippen LogP contribution in [0.15, 0.2) is 0 Å². The summed E-state index contributed by atoms with van der Waals surface area (Å²) in [5.74, 6) is 0. The first-order valence-corrected chi connectivity index (χ1v) is 6.10. The molecule has 0 aromatic rings. The highest BCUT2D eigenvalue weighted by molar-refractivity contribution is 5.67. The number of nitriles is 1. The zero-order valence-corrected chi connectivity index (χ0v) is 11.2. The number of carbonyl (C=O) groups is 1. The molecule has 1 saturated heterocycles. The Morgan fingerprint density at radius 3 is 2.61 bits per heavy atom. The second-order valence-corrected chi connectivity index (χ2v) is 5.18. The molecule has 102 valence electrons. The molecule has 1 fully saturated rings. The van der Waals surface area contributed by atoms with Crippen molar-refractivity contribution < 1.29 is 14.3 Å². The Hall–Kier alpha value is -1.32. The number of rotatable bonds is 3. The third-order valence-electron chi connectivity index (χ3n) is 2.47. The van der Waals surface area contributed by atoms with Gasteiger partial charge in [-0.05, 0) is 20.8 Å². The largest absolute Gasteiger partial charge is 0.444 e. The number of alkyl carbamates (subject to hydrolysis) is 1. The fraction of sp³-hybridized carbons (Fsp3) is 0.833. The first-order valence-electron chi connectivity index (χ1n) is 6.10. The molecule has 0 aliphatic carbocycles. The molecular formula is C12H21N3O3. The number of morpholine rings is 1. The molecule has 0 bridgehead atoms. The molecule has 1 N–H and O–H groups in total. The second kappa shape index (κ2) is 6.57. The topological polar surface area (TPSA) is 74.6 Å². The number of hydrogen-bond donors (Lipinski definition) is 1. The van der Waals surface area contributed by atoms with Crippen molar-refractivity contribution in [1.82, 2.24) is 10.2 Å². The van der Waals surface area contributed by atoms with E-state index in [2.05, 4.69) is 11.4 Å². The van der Waals surface area contributed by atoms with E-state index in [9.17, 15) is 4.79 Å². The minimum atomic E-state index is -0.523. The summed E-state index contributed by atoms with van der Waals surface area (Å²) in [7, 11) is 0. The van der Waals surface area contributed by atoms with Gasteiger partial charge in [0.1, 0.15) is 11.6 Å². The van der Waals surface area contributed by atoms with Crippen LogP contribution in [0.2, 0.25) is 0 Å². The van der Waals surface area contributed by atoms with Gasteiger partial charge in [0.15, 0.2) is 0 Å². The van der Waals surface area contributed by atoms with Crippen LogP contribution >= 0.6 is 0 Å². The summed E-state index contributed by atoms with van der Waals surface area (Å²) in [4.78, 5) is 13.5. The molecule has 1 atom stereocenters. The van der Waals surface area contributed by atoms with Crippen LogP contribution in [-0.2, 0) is 9.47 Å². The Morgan fingerprint density at radius 2 is 2.11 bits per heavy atom. The standard InChI is InChI=1S/C12H21N3O3/c1-12(2,3)18-11(16)14-9-10(8-13)15-4-6-17-7-5-15/h10H,4-7,9H2,1-3H3,(H,14,16). The summed E-state index contributed by atoms with van der Waals surface area (Å²) >= 11 is 0. The third kappa shape index (κ3) is 5.34.